The molecule has 0 unspecified atom stereocenters. The van der Waals surface area contributed by atoms with Gasteiger partial charge in [0.15, 0.2) is 0 Å². The topological polar surface area (TPSA) is 78.0 Å². The number of imidazole rings is 1. The Hall–Kier alpha value is -2.96. The summed E-state index contributed by atoms with van der Waals surface area (Å²) in [6.07, 6.45) is 3.63. The third-order valence-electron chi connectivity index (χ3n) is 5.43. The van der Waals surface area contributed by atoms with Gasteiger partial charge in [-0.1, -0.05) is 12.1 Å². The molecule has 2 aromatic heterocycles. The number of aryl methyl sites for hydroxylation is 2. The van der Waals surface area contributed by atoms with E-state index in [-0.39, 0.29) is 11.8 Å². The number of nitrogens with one attached hydrogen (secondary N) is 1. The van der Waals surface area contributed by atoms with Gasteiger partial charge in [0.05, 0.1) is 22.3 Å². The predicted molar refractivity (Wildman–Crippen MR) is 110 cm³/mol. The molecule has 146 valence electrons. The van der Waals surface area contributed by atoms with Crippen molar-refractivity contribution in [3.05, 3.63) is 47.0 Å². The van der Waals surface area contributed by atoms with Crippen LogP contribution in [0.5, 0.6) is 0 Å². The summed E-state index contributed by atoms with van der Waals surface area (Å²) < 4.78 is 0. The summed E-state index contributed by atoms with van der Waals surface area (Å²) in [4.78, 5) is 33.9. The Bertz CT molecular complexity index is 1020. The van der Waals surface area contributed by atoms with Crippen molar-refractivity contribution in [3.63, 3.8) is 0 Å². The number of nitrogens with zero attached hydrogens (tertiary/aromatic N) is 5. The maximum atomic E-state index is 13.1. The molecule has 0 bridgehead atoms. The molecule has 1 N–H and O–H groups in total. The van der Waals surface area contributed by atoms with Crippen LogP contribution in [-0.4, -0.2) is 57.9 Å². The number of aromatic nitrogens is 4. The summed E-state index contributed by atoms with van der Waals surface area (Å²) in [7, 11) is 3.78. The molecule has 3 heterocycles. The number of hydrogen-bond donors (Lipinski definition) is 1. The van der Waals surface area contributed by atoms with Crippen molar-refractivity contribution < 1.29 is 4.79 Å². The average molecular weight is 378 g/mol. The molecular formula is C21H26N6O. The van der Waals surface area contributed by atoms with Gasteiger partial charge in [0.25, 0.3) is 5.91 Å². The summed E-state index contributed by atoms with van der Waals surface area (Å²) in [5, 5.41) is 0. The van der Waals surface area contributed by atoms with Gasteiger partial charge >= 0.3 is 0 Å². The van der Waals surface area contributed by atoms with E-state index in [0.29, 0.717) is 23.8 Å². The standard InChI is InChI=1S/C21H26N6O/c1-13-7-5-9-17-18(13)25-19(24-17)15-8-6-10-27(12-15)20(28)16-11-22-21(26(3)4)23-14(16)2/h5,7,9,11,15H,6,8,10,12H2,1-4H3,(H,24,25)/t15-/m1/s1. The maximum Gasteiger partial charge on any atom is 0.257 e. The minimum absolute atomic E-state index is 0.000187. The molecule has 0 saturated carbocycles. The maximum absolute atomic E-state index is 13.1. The van der Waals surface area contributed by atoms with Crippen LogP contribution in [-0.2, 0) is 0 Å². The predicted octanol–water partition coefficient (Wildman–Crippen LogP) is 3.06. The largest absolute Gasteiger partial charge is 0.347 e. The van der Waals surface area contributed by atoms with Crippen molar-refractivity contribution in [2.75, 3.05) is 32.1 Å². The van der Waals surface area contributed by atoms with Gasteiger partial charge in [0, 0.05) is 39.3 Å². The van der Waals surface area contributed by atoms with Crippen LogP contribution in [0.1, 0.15) is 46.2 Å². The number of amides is 1. The number of rotatable bonds is 3. The Morgan fingerprint density at radius 3 is 2.79 bits per heavy atom. The Morgan fingerprint density at radius 1 is 1.25 bits per heavy atom. The average Bonchev–Trinajstić information content (AvgIpc) is 3.13. The van der Waals surface area contributed by atoms with Gasteiger partial charge < -0.3 is 14.8 Å². The molecule has 4 rings (SSSR count). The number of benzene rings is 1. The lowest BCUT2D eigenvalue weighted by Gasteiger charge is -2.32. The summed E-state index contributed by atoms with van der Waals surface area (Å²) in [5.74, 6) is 1.80. The Kier molecular flexibility index (Phi) is 4.75. The molecule has 1 aliphatic rings. The number of fused-ring (bicyclic) bond motifs is 1. The van der Waals surface area contributed by atoms with Crippen molar-refractivity contribution in [2.45, 2.75) is 32.6 Å². The summed E-state index contributed by atoms with van der Waals surface area (Å²) >= 11 is 0. The number of para-hydroxylation sites is 1. The summed E-state index contributed by atoms with van der Waals surface area (Å²) in [6, 6.07) is 6.16. The van der Waals surface area contributed by atoms with E-state index in [2.05, 4.69) is 34.0 Å². The van der Waals surface area contributed by atoms with Crippen molar-refractivity contribution in [2.24, 2.45) is 0 Å². The molecule has 1 fully saturated rings. The first-order chi connectivity index (χ1) is 13.4. The molecule has 1 amide bonds. The van der Waals surface area contributed by atoms with Gasteiger partial charge in [-0.05, 0) is 38.3 Å². The fourth-order valence-electron chi connectivity index (χ4n) is 3.82. The van der Waals surface area contributed by atoms with Crippen LogP contribution >= 0.6 is 0 Å². The molecule has 7 nitrogen and oxygen atoms in total. The SMILES string of the molecule is Cc1nc(N(C)C)ncc1C(=O)N1CCC[C@@H](c2nc3c(C)cccc3[nH]2)C1. The Labute approximate surface area is 164 Å². The third-order valence-corrected chi connectivity index (χ3v) is 5.43. The van der Waals surface area contributed by atoms with E-state index in [1.165, 1.54) is 0 Å². The third kappa shape index (κ3) is 3.32. The lowest BCUT2D eigenvalue weighted by molar-refractivity contribution is 0.0703. The lowest BCUT2D eigenvalue weighted by Crippen LogP contribution is -2.39. The van der Waals surface area contributed by atoms with Crippen molar-refractivity contribution in [1.29, 1.82) is 0 Å². The van der Waals surface area contributed by atoms with Crippen molar-refractivity contribution >= 4 is 22.9 Å². The summed E-state index contributed by atoms with van der Waals surface area (Å²) in [5.41, 5.74) is 4.53. The van der Waals surface area contributed by atoms with Crippen LogP contribution in [0.15, 0.2) is 24.4 Å². The van der Waals surface area contributed by atoms with Crippen LogP contribution in [0.2, 0.25) is 0 Å². The normalized spacial score (nSPS) is 17.1. The van der Waals surface area contributed by atoms with E-state index in [0.717, 1.165) is 41.8 Å². The van der Waals surface area contributed by atoms with Gasteiger partial charge in [0.2, 0.25) is 5.95 Å². The number of anilines is 1. The number of likely N-dealkylation sites (tertiary alicyclic amines) is 1. The first kappa shape index (κ1) is 18.4. The van der Waals surface area contributed by atoms with Crippen LogP contribution in [0.25, 0.3) is 11.0 Å². The number of piperidine rings is 1. The van der Waals surface area contributed by atoms with Crippen LogP contribution < -0.4 is 4.90 Å². The van der Waals surface area contributed by atoms with Crippen molar-refractivity contribution in [3.8, 4) is 0 Å². The zero-order valence-corrected chi connectivity index (χ0v) is 16.9. The van der Waals surface area contributed by atoms with Gasteiger partial charge in [-0.15, -0.1) is 0 Å². The second-order valence-corrected chi connectivity index (χ2v) is 7.75. The molecule has 1 saturated heterocycles. The highest BCUT2D eigenvalue weighted by Crippen LogP contribution is 2.28. The zero-order valence-electron chi connectivity index (χ0n) is 16.9. The number of aromatic amines is 1. The van der Waals surface area contributed by atoms with E-state index in [9.17, 15) is 4.79 Å². The van der Waals surface area contributed by atoms with Gasteiger partial charge in [-0.3, -0.25) is 4.79 Å². The highest BCUT2D eigenvalue weighted by atomic mass is 16.2. The Morgan fingerprint density at radius 2 is 2.07 bits per heavy atom. The molecule has 28 heavy (non-hydrogen) atoms. The van der Waals surface area contributed by atoms with Gasteiger partial charge in [-0.25, -0.2) is 15.0 Å². The quantitative estimate of drug-likeness (QED) is 0.758. The smallest absolute Gasteiger partial charge is 0.257 e. The van der Waals surface area contributed by atoms with Crippen LogP contribution in [0.4, 0.5) is 5.95 Å². The molecule has 1 aliphatic heterocycles. The summed E-state index contributed by atoms with van der Waals surface area (Å²) in [6.45, 7) is 5.35. The monoisotopic (exact) mass is 378 g/mol. The molecule has 3 aromatic rings. The number of hydrogen-bond acceptors (Lipinski definition) is 5. The highest BCUT2D eigenvalue weighted by molar-refractivity contribution is 5.95. The minimum atomic E-state index is -0.000187. The minimum Gasteiger partial charge on any atom is -0.347 e. The van der Waals surface area contributed by atoms with Crippen molar-refractivity contribution in [1.82, 2.24) is 24.8 Å². The molecule has 0 aliphatic carbocycles. The van der Waals surface area contributed by atoms with E-state index >= 15 is 0 Å². The Balaban J connectivity index is 1.56. The van der Waals surface area contributed by atoms with E-state index in [4.69, 9.17) is 4.98 Å². The van der Waals surface area contributed by atoms with Gasteiger partial charge in [0.1, 0.15) is 5.82 Å². The molecular weight excluding hydrogens is 352 g/mol. The first-order valence-electron chi connectivity index (χ1n) is 9.69. The second kappa shape index (κ2) is 7.22. The molecule has 0 spiro atoms. The fourth-order valence-corrected chi connectivity index (χ4v) is 3.82. The van der Waals surface area contributed by atoms with E-state index in [1.807, 2.05) is 36.9 Å². The number of carbonyl (C=O) groups excluding carboxylic acids is 1. The zero-order chi connectivity index (χ0) is 19.8. The van der Waals surface area contributed by atoms with E-state index < -0.39 is 0 Å². The fraction of sp³-hybridized carbons (Fsp3) is 0.429. The highest BCUT2D eigenvalue weighted by Gasteiger charge is 2.28. The lowest BCUT2D eigenvalue weighted by atomic mass is 9.96. The molecule has 1 atom stereocenters. The number of carbonyl (C=O) groups is 1. The molecule has 0 radical (unpaired) electrons. The first-order valence-corrected chi connectivity index (χ1v) is 9.69. The van der Waals surface area contributed by atoms with Gasteiger partial charge in [-0.2, -0.15) is 0 Å². The molecule has 7 heteroatoms. The number of H-pyrrole nitrogens is 1. The van der Waals surface area contributed by atoms with Crippen LogP contribution in [0.3, 0.4) is 0 Å². The second-order valence-electron chi connectivity index (χ2n) is 7.75. The van der Waals surface area contributed by atoms with E-state index in [1.54, 1.807) is 6.20 Å². The molecule has 1 aromatic carbocycles. The van der Waals surface area contributed by atoms with Crippen LogP contribution in [0, 0.1) is 13.8 Å².